The molecule has 3 rings (SSSR count). The molecule has 24 heavy (non-hydrogen) atoms. The molecule has 1 heterocycles. The molecule has 0 saturated heterocycles. The zero-order chi connectivity index (χ0) is 17.5. The molecule has 0 aliphatic heterocycles. The average Bonchev–Trinajstić information content (AvgIpc) is 2.93. The number of hydrogen-bond acceptors (Lipinski definition) is 4. The highest BCUT2D eigenvalue weighted by Gasteiger charge is 2.31. The highest BCUT2D eigenvalue weighted by Crippen LogP contribution is 2.34. The lowest BCUT2D eigenvalue weighted by Gasteiger charge is -2.10. The van der Waals surface area contributed by atoms with Crippen LogP contribution in [-0.4, -0.2) is 11.4 Å². The third-order valence-electron chi connectivity index (χ3n) is 3.46. The third-order valence-corrected chi connectivity index (χ3v) is 4.80. The van der Waals surface area contributed by atoms with Gasteiger partial charge < -0.3 is 9.84 Å². The minimum Gasteiger partial charge on any atom is -0.353 e. The van der Waals surface area contributed by atoms with Crippen molar-refractivity contribution < 1.29 is 22.5 Å². The Balaban J connectivity index is 2.06. The van der Waals surface area contributed by atoms with Gasteiger partial charge in [-0.3, -0.25) is 4.79 Å². The van der Waals surface area contributed by atoms with E-state index in [2.05, 4.69) is 33.1 Å². The Bertz CT molecular complexity index is 935. The van der Waals surface area contributed by atoms with Gasteiger partial charge in [0.25, 0.3) is 0 Å². The number of alkyl halides is 3. The number of carbonyl (C=O) groups is 1. The first-order valence-corrected chi connectivity index (χ1v) is 7.86. The SMILES string of the molecule is Cc1ccc2c(Nc3cc(C=O)cc(C(F)(F)F)c3)noc2c1I. The predicted molar refractivity (Wildman–Crippen MR) is 91.6 cm³/mol. The van der Waals surface area contributed by atoms with Crippen molar-refractivity contribution >= 4 is 51.4 Å². The molecule has 0 fully saturated rings. The van der Waals surface area contributed by atoms with E-state index in [1.54, 1.807) is 6.07 Å². The topological polar surface area (TPSA) is 55.1 Å². The molecule has 0 aliphatic rings. The van der Waals surface area contributed by atoms with Gasteiger partial charge in [0, 0.05) is 11.3 Å². The molecule has 0 spiro atoms. The van der Waals surface area contributed by atoms with Crippen molar-refractivity contribution in [2.75, 3.05) is 5.32 Å². The van der Waals surface area contributed by atoms with Crippen LogP contribution in [0.4, 0.5) is 24.7 Å². The molecule has 0 saturated carbocycles. The summed E-state index contributed by atoms with van der Waals surface area (Å²) < 4.78 is 45.0. The van der Waals surface area contributed by atoms with Crippen LogP contribution < -0.4 is 5.32 Å². The summed E-state index contributed by atoms with van der Waals surface area (Å²) in [6, 6.07) is 6.69. The molecule has 1 N–H and O–H groups in total. The molecule has 2 aromatic carbocycles. The van der Waals surface area contributed by atoms with Crippen LogP contribution in [0.3, 0.4) is 0 Å². The predicted octanol–water partition coefficient (Wildman–Crippen LogP) is 5.32. The molecule has 124 valence electrons. The Hall–Kier alpha value is -2.10. The van der Waals surface area contributed by atoms with E-state index in [-0.39, 0.29) is 11.3 Å². The first kappa shape index (κ1) is 16.7. The number of nitrogens with one attached hydrogen (secondary N) is 1. The quantitative estimate of drug-likeness (QED) is 0.438. The fourth-order valence-corrected chi connectivity index (χ4v) is 2.82. The van der Waals surface area contributed by atoms with Gasteiger partial charge in [-0.05, 0) is 59.3 Å². The number of benzene rings is 2. The highest BCUT2D eigenvalue weighted by atomic mass is 127. The van der Waals surface area contributed by atoms with Gasteiger partial charge in [0.15, 0.2) is 11.4 Å². The summed E-state index contributed by atoms with van der Waals surface area (Å²) in [5, 5.41) is 7.32. The Labute approximate surface area is 148 Å². The van der Waals surface area contributed by atoms with Crippen molar-refractivity contribution in [2.45, 2.75) is 13.1 Å². The Morgan fingerprint density at radius 3 is 2.67 bits per heavy atom. The number of nitrogens with zero attached hydrogens (tertiary/aromatic N) is 1. The fourth-order valence-electron chi connectivity index (χ4n) is 2.25. The van der Waals surface area contributed by atoms with E-state index in [1.165, 1.54) is 6.07 Å². The Morgan fingerprint density at radius 2 is 2.00 bits per heavy atom. The maximum atomic E-state index is 12.9. The third kappa shape index (κ3) is 3.10. The molecule has 0 radical (unpaired) electrons. The van der Waals surface area contributed by atoms with E-state index in [1.807, 2.05) is 13.0 Å². The van der Waals surface area contributed by atoms with E-state index in [9.17, 15) is 18.0 Å². The van der Waals surface area contributed by atoms with Crippen LogP contribution in [0, 0.1) is 10.5 Å². The lowest BCUT2D eigenvalue weighted by atomic mass is 10.1. The van der Waals surface area contributed by atoms with Crippen LogP contribution in [0.15, 0.2) is 34.9 Å². The monoisotopic (exact) mass is 446 g/mol. The Morgan fingerprint density at radius 1 is 1.25 bits per heavy atom. The molecule has 0 unspecified atom stereocenters. The van der Waals surface area contributed by atoms with Crippen LogP contribution in [-0.2, 0) is 6.18 Å². The van der Waals surface area contributed by atoms with Crippen LogP contribution >= 0.6 is 22.6 Å². The number of anilines is 2. The van der Waals surface area contributed by atoms with Gasteiger partial charge in [-0.15, -0.1) is 0 Å². The lowest BCUT2D eigenvalue weighted by molar-refractivity contribution is -0.137. The van der Waals surface area contributed by atoms with Gasteiger partial charge in [-0.25, -0.2) is 0 Å². The molecule has 0 amide bonds. The molecule has 1 aromatic heterocycles. The average molecular weight is 446 g/mol. The van der Waals surface area contributed by atoms with E-state index in [0.717, 1.165) is 21.3 Å². The highest BCUT2D eigenvalue weighted by molar-refractivity contribution is 14.1. The van der Waals surface area contributed by atoms with Crippen LogP contribution in [0.2, 0.25) is 0 Å². The molecule has 3 aromatic rings. The Kier molecular flexibility index (Phi) is 4.24. The van der Waals surface area contributed by atoms with E-state index in [0.29, 0.717) is 23.1 Å². The van der Waals surface area contributed by atoms with Gasteiger partial charge in [-0.1, -0.05) is 11.2 Å². The van der Waals surface area contributed by atoms with Crippen LogP contribution in [0.5, 0.6) is 0 Å². The second-order valence-corrected chi connectivity index (χ2v) is 6.27. The van der Waals surface area contributed by atoms with E-state index >= 15 is 0 Å². The van der Waals surface area contributed by atoms with E-state index in [4.69, 9.17) is 4.52 Å². The zero-order valence-electron chi connectivity index (χ0n) is 12.2. The standard InChI is InChI=1S/C16H10F3IN2O2/c1-8-2-3-12-14(13(8)20)24-22-15(12)21-11-5-9(7-23)4-10(6-11)16(17,18)19/h2-7H,1H3,(H,21,22). The van der Waals surface area contributed by atoms with Crippen molar-refractivity contribution in [3.8, 4) is 0 Å². The molecule has 0 atom stereocenters. The normalized spacial score (nSPS) is 11.7. The summed E-state index contributed by atoms with van der Waals surface area (Å²) in [7, 11) is 0. The van der Waals surface area contributed by atoms with Crippen molar-refractivity contribution in [2.24, 2.45) is 0 Å². The number of aldehydes is 1. The maximum absolute atomic E-state index is 12.9. The number of aromatic nitrogens is 1. The minimum atomic E-state index is -4.55. The summed E-state index contributed by atoms with van der Waals surface area (Å²) in [4.78, 5) is 10.9. The second-order valence-electron chi connectivity index (χ2n) is 5.19. The largest absolute Gasteiger partial charge is 0.416 e. The number of halogens is 4. The van der Waals surface area contributed by atoms with Gasteiger partial charge in [0.1, 0.15) is 6.29 Å². The second kappa shape index (κ2) is 6.08. The summed E-state index contributed by atoms with van der Waals surface area (Å²) in [6.07, 6.45) is -4.18. The molecular weight excluding hydrogens is 436 g/mol. The number of carbonyl (C=O) groups excluding carboxylic acids is 1. The minimum absolute atomic E-state index is 0.0782. The summed E-state index contributed by atoms with van der Waals surface area (Å²) in [5.74, 6) is 0.291. The number of rotatable bonds is 3. The first-order valence-electron chi connectivity index (χ1n) is 6.78. The smallest absolute Gasteiger partial charge is 0.353 e. The van der Waals surface area contributed by atoms with Gasteiger partial charge in [0.05, 0.1) is 14.5 Å². The molecule has 8 heteroatoms. The van der Waals surface area contributed by atoms with Crippen molar-refractivity contribution in [3.05, 3.63) is 50.6 Å². The van der Waals surface area contributed by atoms with Gasteiger partial charge in [0.2, 0.25) is 0 Å². The molecular formula is C16H10F3IN2O2. The van der Waals surface area contributed by atoms with Gasteiger partial charge in [-0.2, -0.15) is 13.2 Å². The van der Waals surface area contributed by atoms with Gasteiger partial charge >= 0.3 is 6.18 Å². The van der Waals surface area contributed by atoms with Crippen molar-refractivity contribution in [1.29, 1.82) is 0 Å². The zero-order valence-corrected chi connectivity index (χ0v) is 14.4. The first-order chi connectivity index (χ1) is 11.3. The molecule has 0 aliphatic carbocycles. The summed E-state index contributed by atoms with van der Waals surface area (Å²) >= 11 is 2.12. The number of hydrogen-bond donors (Lipinski definition) is 1. The maximum Gasteiger partial charge on any atom is 0.416 e. The van der Waals surface area contributed by atoms with Crippen molar-refractivity contribution in [1.82, 2.24) is 5.16 Å². The lowest BCUT2D eigenvalue weighted by Crippen LogP contribution is -2.06. The summed E-state index contributed by atoms with van der Waals surface area (Å²) in [5.41, 5.74) is 0.685. The molecule has 0 bridgehead atoms. The number of fused-ring (bicyclic) bond motifs is 1. The number of aryl methyl sites for hydroxylation is 1. The van der Waals surface area contributed by atoms with Crippen molar-refractivity contribution in [3.63, 3.8) is 0 Å². The van der Waals surface area contributed by atoms with Crippen LogP contribution in [0.1, 0.15) is 21.5 Å². The van der Waals surface area contributed by atoms with Crippen LogP contribution in [0.25, 0.3) is 11.0 Å². The molecule has 4 nitrogen and oxygen atoms in total. The van der Waals surface area contributed by atoms with E-state index < -0.39 is 11.7 Å². The summed E-state index contributed by atoms with van der Waals surface area (Å²) in [6.45, 7) is 1.92. The fraction of sp³-hybridized carbons (Fsp3) is 0.125.